The van der Waals surface area contributed by atoms with Gasteiger partial charge < -0.3 is 15.5 Å². The van der Waals surface area contributed by atoms with Crippen LogP contribution in [0.15, 0.2) is 12.2 Å². The number of hydrogen-bond donors (Lipinski definition) is 3. The van der Waals surface area contributed by atoms with Gasteiger partial charge in [-0.15, -0.1) is 0 Å². The van der Waals surface area contributed by atoms with Crippen molar-refractivity contribution in [3.63, 3.8) is 0 Å². The molecule has 0 aliphatic heterocycles. The fourth-order valence-corrected chi connectivity index (χ4v) is 4.76. The van der Waals surface area contributed by atoms with Crippen LogP contribution in [0.4, 0.5) is 0 Å². The predicted octanol–water partition coefficient (Wildman–Crippen LogP) is 8.78. The number of unbranched alkanes of at least 4 members (excludes halogenated alkanes) is 21. The van der Waals surface area contributed by atoms with E-state index in [-0.39, 0.29) is 12.5 Å². The minimum absolute atomic E-state index is 0.0664. The topological polar surface area (TPSA) is 69.6 Å². The molecule has 0 aromatic carbocycles. The number of aliphatic hydroxyl groups is 2. The van der Waals surface area contributed by atoms with Crippen LogP contribution in [0, 0.1) is 0 Å². The van der Waals surface area contributed by atoms with Crippen molar-refractivity contribution in [3.05, 3.63) is 12.2 Å². The number of rotatable bonds is 28. The summed E-state index contributed by atoms with van der Waals surface area (Å²) in [7, 11) is 0. The number of aliphatic hydroxyl groups excluding tert-OH is 2. The van der Waals surface area contributed by atoms with E-state index in [9.17, 15) is 15.0 Å². The third-order valence-corrected chi connectivity index (χ3v) is 7.27. The number of carbonyl (C=O) groups excluding carboxylic acids is 1. The molecular weight excluding hydrogens is 446 g/mol. The van der Waals surface area contributed by atoms with E-state index >= 15 is 0 Å². The fraction of sp³-hybridized carbons (Fsp3) is 0.906. The molecule has 2 atom stereocenters. The highest BCUT2D eigenvalue weighted by atomic mass is 16.3. The summed E-state index contributed by atoms with van der Waals surface area (Å²) in [5.74, 6) is -0.0664. The van der Waals surface area contributed by atoms with Crippen molar-refractivity contribution >= 4 is 5.91 Å². The maximum Gasteiger partial charge on any atom is 0.220 e. The standard InChI is InChI=1S/C32H63NO3/c1-3-5-7-9-11-13-14-15-16-17-18-20-22-24-26-28-32(36)33-30(29-34)31(35)27-25-23-21-19-12-10-8-6-4-2/h25,27,30-31,34-35H,3-24,26,28-29H2,1-2H3,(H,33,36)/b27-25+. The lowest BCUT2D eigenvalue weighted by molar-refractivity contribution is -0.123. The summed E-state index contributed by atoms with van der Waals surface area (Å²) in [5, 5.41) is 22.7. The molecule has 0 aliphatic carbocycles. The van der Waals surface area contributed by atoms with Crippen molar-refractivity contribution in [2.75, 3.05) is 6.61 Å². The molecule has 0 saturated carbocycles. The summed E-state index contributed by atoms with van der Waals surface area (Å²) < 4.78 is 0. The Kier molecular flexibility index (Phi) is 28.0. The zero-order valence-electron chi connectivity index (χ0n) is 24.3. The first-order valence-corrected chi connectivity index (χ1v) is 15.9. The van der Waals surface area contributed by atoms with Crippen molar-refractivity contribution in [2.45, 2.75) is 180 Å². The Labute approximate surface area is 225 Å². The highest BCUT2D eigenvalue weighted by molar-refractivity contribution is 5.76. The van der Waals surface area contributed by atoms with Gasteiger partial charge in [0.1, 0.15) is 0 Å². The third kappa shape index (κ3) is 24.8. The summed E-state index contributed by atoms with van der Waals surface area (Å²) in [4.78, 5) is 12.2. The highest BCUT2D eigenvalue weighted by Gasteiger charge is 2.17. The van der Waals surface area contributed by atoms with E-state index in [0.717, 1.165) is 25.7 Å². The molecule has 0 aromatic heterocycles. The molecule has 2 unspecified atom stereocenters. The average molecular weight is 510 g/mol. The predicted molar refractivity (Wildman–Crippen MR) is 156 cm³/mol. The molecule has 0 aliphatic rings. The SMILES string of the molecule is CCCCCCCCC/C=C/C(O)C(CO)NC(=O)CCCCCCCCCCCCCCCCC. The number of nitrogens with one attached hydrogen (secondary N) is 1. The Morgan fingerprint density at radius 2 is 1.03 bits per heavy atom. The van der Waals surface area contributed by atoms with Gasteiger partial charge in [-0.2, -0.15) is 0 Å². The molecule has 0 radical (unpaired) electrons. The van der Waals surface area contributed by atoms with Crippen LogP contribution in [0.5, 0.6) is 0 Å². The maximum atomic E-state index is 12.2. The van der Waals surface area contributed by atoms with Gasteiger partial charge in [0.05, 0.1) is 18.8 Å². The maximum absolute atomic E-state index is 12.2. The van der Waals surface area contributed by atoms with Gasteiger partial charge in [-0.3, -0.25) is 4.79 Å². The minimum Gasteiger partial charge on any atom is -0.394 e. The van der Waals surface area contributed by atoms with Crippen LogP contribution in [0.25, 0.3) is 0 Å². The van der Waals surface area contributed by atoms with Gasteiger partial charge in [0.15, 0.2) is 0 Å². The first-order chi connectivity index (χ1) is 17.7. The number of allylic oxidation sites excluding steroid dienone is 1. The molecule has 4 heteroatoms. The number of amides is 1. The molecule has 0 rings (SSSR count). The molecule has 214 valence electrons. The molecule has 0 aromatic rings. The van der Waals surface area contributed by atoms with Crippen molar-refractivity contribution in [3.8, 4) is 0 Å². The van der Waals surface area contributed by atoms with Crippen molar-refractivity contribution in [1.82, 2.24) is 5.32 Å². The minimum atomic E-state index is -0.829. The second kappa shape index (κ2) is 28.7. The van der Waals surface area contributed by atoms with Crippen LogP contribution in [0.2, 0.25) is 0 Å². The third-order valence-electron chi connectivity index (χ3n) is 7.27. The lowest BCUT2D eigenvalue weighted by Crippen LogP contribution is -2.45. The van der Waals surface area contributed by atoms with Crippen molar-refractivity contribution in [2.24, 2.45) is 0 Å². The van der Waals surface area contributed by atoms with Crippen LogP contribution < -0.4 is 5.32 Å². The Morgan fingerprint density at radius 1 is 0.639 bits per heavy atom. The molecular formula is C32H63NO3. The smallest absolute Gasteiger partial charge is 0.220 e. The lowest BCUT2D eigenvalue weighted by atomic mass is 10.0. The van der Waals surface area contributed by atoms with E-state index in [0.29, 0.717) is 6.42 Å². The van der Waals surface area contributed by atoms with Gasteiger partial charge in [0.25, 0.3) is 0 Å². The van der Waals surface area contributed by atoms with Gasteiger partial charge in [-0.05, 0) is 19.3 Å². The van der Waals surface area contributed by atoms with E-state index in [1.54, 1.807) is 6.08 Å². The Bertz CT molecular complexity index is 480. The molecule has 4 nitrogen and oxygen atoms in total. The molecule has 36 heavy (non-hydrogen) atoms. The Morgan fingerprint density at radius 3 is 1.44 bits per heavy atom. The van der Waals surface area contributed by atoms with Gasteiger partial charge in [0, 0.05) is 6.42 Å². The first-order valence-electron chi connectivity index (χ1n) is 15.9. The second-order valence-electron chi connectivity index (χ2n) is 10.9. The lowest BCUT2D eigenvalue weighted by Gasteiger charge is -2.20. The molecule has 0 fully saturated rings. The van der Waals surface area contributed by atoms with Crippen LogP contribution in [-0.4, -0.2) is 34.9 Å². The normalized spacial score (nSPS) is 13.3. The monoisotopic (exact) mass is 509 g/mol. The van der Waals surface area contributed by atoms with E-state index in [1.807, 2.05) is 6.08 Å². The van der Waals surface area contributed by atoms with Crippen molar-refractivity contribution in [1.29, 1.82) is 0 Å². The quantitative estimate of drug-likeness (QED) is 0.0729. The van der Waals surface area contributed by atoms with Gasteiger partial charge in [-0.1, -0.05) is 154 Å². The Hall–Kier alpha value is -0.870. The largest absolute Gasteiger partial charge is 0.394 e. The summed E-state index contributed by atoms with van der Waals surface area (Å²) in [6.45, 7) is 4.27. The van der Waals surface area contributed by atoms with E-state index in [2.05, 4.69) is 19.2 Å². The molecule has 0 heterocycles. The summed E-state index contributed by atoms with van der Waals surface area (Å²) in [6.07, 6.45) is 32.8. The summed E-state index contributed by atoms with van der Waals surface area (Å²) >= 11 is 0. The van der Waals surface area contributed by atoms with Gasteiger partial charge >= 0.3 is 0 Å². The average Bonchev–Trinajstić information content (AvgIpc) is 2.88. The van der Waals surface area contributed by atoms with Crippen LogP contribution in [-0.2, 0) is 4.79 Å². The molecule has 0 saturated heterocycles. The number of carbonyl (C=O) groups is 1. The van der Waals surface area contributed by atoms with Crippen LogP contribution in [0.3, 0.4) is 0 Å². The van der Waals surface area contributed by atoms with Gasteiger partial charge in [0.2, 0.25) is 5.91 Å². The molecule has 0 bridgehead atoms. The second-order valence-corrected chi connectivity index (χ2v) is 10.9. The van der Waals surface area contributed by atoms with Crippen molar-refractivity contribution < 1.29 is 15.0 Å². The zero-order valence-corrected chi connectivity index (χ0v) is 24.3. The van der Waals surface area contributed by atoms with Crippen LogP contribution >= 0.6 is 0 Å². The first kappa shape index (κ1) is 35.1. The van der Waals surface area contributed by atoms with E-state index in [4.69, 9.17) is 0 Å². The van der Waals surface area contributed by atoms with E-state index in [1.165, 1.54) is 122 Å². The fourth-order valence-electron chi connectivity index (χ4n) is 4.76. The number of hydrogen-bond acceptors (Lipinski definition) is 3. The summed E-state index contributed by atoms with van der Waals surface area (Å²) in [5.41, 5.74) is 0. The zero-order chi connectivity index (χ0) is 26.5. The summed E-state index contributed by atoms with van der Waals surface area (Å²) in [6, 6.07) is -0.612. The van der Waals surface area contributed by atoms with Gasteiger partial charge in [-0.25, -0.2) is 0 Å². The molecule has 1 amide bonds. The Balaban J connectivity index is 3.61. The molecule has 0 spiro atoms. The molecule has 3 N–H and O–H groups in total. The van der Waals surface area contributed by atoms with E-state index < -0.39 is 12.1 Å². The highest BCUT2D eigenvalue weighted by Crippen LogP contribution is 2.14. The van der Waals surface area contributed by atoms with Crippen LogP contribution in [0.1, 0.15) is 168 Å².